The van der Waals surface area contributed by atoms with Gasteiger partial charge in [-0.15, -0.1) is 0 Å². The highest BCUT2D eigenvalue weighted by Gasteiger charge is 2.38. The van der Waals surface area contributed by atoms with Gasteiger partial charge in [-0.1, -0.05) is 6.42 Å². The van der Waals surface area contributed by atoms with Crippen LogP contribution in [0, 0.1) is 0 Å². The summed E-state index contributed by atoms with van der Waals surface area (Å²) >= 11 is 5.34. The van der Waals surface area contributed by atoms with E-state index >= 15 is 0 Å². The van der Waals surface area contributed by atoms with Crippen molar-refractivity contribution in [3.05, 3.63) is 24.2 Å². The second-order valence-electron chi connectivity index (χ2n) is 6.16. The number of furan rings is 1. The highest BCUT2D eigenvalue weighted by molar-refractivity contribution is 7.80. The molecule has 5 heteroatoms. The summed E-state index contributed by atoms with van der Waals surface area (Å²) < 4.78 is 5.54. The molecule has 0 saturated carbocycles. The first-order valence-corrected chi connectivity index (χ1v) is 8.49. The molecule has 21 heavy (non-hydrogen) atoms. The van der Waals surface area contributed by atoms with Crippen molar-refractivity contribution < 1.29 is 4.42 Å². The lowest BCUT2D eigenvalue weighted by atomic mass is 9.81. The Hall–Kier alpha value is -1.07. The van der Waals surface area contributed by atoms with Gasteiger partial charge < -0.3 is 15.1 Å². The number of thiocarbonyl (C=S) groups is 1. The molecule has 1 unspecified atom stereocenters. The molecule has 116 valence electrons. The monoisotopic (exact) mass is 307 g/mol. The van der Waals surface area contributed by atoms with Gasteiger partial charge in [0, 0.05) is 24.7 Å². The summed E-state index contributed by atoms with van der Waals surface area (Å²) in [5.74, 6) is 1.08. The van der Waals surface area contributed by atoms with Gasteiger partial charge in [0.15, 0.2) is 5.11 Å². The molecule has 1 aromatic heterocycles. The van der Waals surface area contributed by atoms with Gasteiger partial charge in [0.05, 0.1) is 12.8 Å². The van der Waals surface area contributed by atoms with Crippen LogP contribution in [0.25, 0.3) is 0 Å². The van der Waals surface area contributed by atoms with Crippen molar-refractivity contribution >= 4 is 17.3 Å². The lowest BCUT2D eigenvalue weighted by Crippen LogP contribution is -2.57. The van der Waals surface area contributed by atoms with Crippen LogP contribution < -0.4 is 10.6 Å². The van der Waals surface area contributed by atoms with E-state index in [2.05, 4.69) is 28.5 Å². The zero-order valence-corrected chi connectivity index (χ0v) is 13.5. The fraction of sp³-hybridized carbons (Fsp3) is 0.688. The Labute approximate surface area is 132 Å². The molecule has 2 aliphatic rings. The Balaban J connectivity index is 1.61. The predicted octanol–water partition coefficient (Wildman–Crippen LogP) is 2.65. The summed E-state index contributed by atoms with van der Waals surface area (Å²) in [7, 11) is 0. The summed E-state index contributed by atoms with van der Waals surface area (Å²) in [5, 5.41) is 7.50. The van der Waals surface area contributed by atoms with E-state index in [9.17, 15) is 0 Å². The third-order valence-corrected chi connectivity index (χ3v) is 4.98. The first-order chi connectivity index (χ1) is 10.3. The van der Waals surface area contributed by atoms with E-state index in [-0.39, 0.29) is 0 Å². The fourth-order valence-corrected chi connectivity index (χ4v) is 4.14. The second-order valence-corrected chi connectivity index (χ2v) is 6.57. The van der Waals surface area contributed by atoms with Crippen LogP contribution in [0.1, 0.15) is 44.8 Å². The maximum Gasteiger partial charge on any atom is 0.166 e. The lowest BCUT2D eigenvalue weighted by molar-refractivity contribution is 0.0160. The summed E-state index contributed by atoms with van der Waals surface area (Å²) in [6, 6.07) is 5.89. The second kappa shape index (κ2) is 6.79. The van der Waals surface area contributed by atoms with Crippen LogP contribution in [0.3, 0.4) is 0 Å². The molecule has 0 amide bonds. The highest BCUT2D eigenvalue weighted by Crippen LogP contribution is 2.35. The number of fused-ring (bicyclic) bond motifs is 2. The molecule has 1 aromatic rings. The SMILES string of the molecule is CCNC(=S)NC1C[C@H]2CCC[C@@H](C1)N2Cc1ccco1. The van der Waals surface area contributed by atoms with Crippen molar-refractivity contribution in [3.8, 4) is 0 Å². The average molecular weight is 307 g/mol. The van der Waals surface area contributed by atoms with E-state index in [1.54, 1.807) is 6.26 Å². The van der Waals surface area contributed by atoms with Crippen LogP contribution in [-0.2, 0) is 6.54 Å². The molecule has 3 atom stereocenters. The Bertz CT molecular complexity index is 448. The Morgan fingerprint density at radius 2 is 2.14 bits per heavy atom. The molecule has 2 fully saturated rings. The molecule has 2 aliphatic heterocycles. The number of nitrogens with one attached hydrogen (secondary N) is 2. The maximum absolute atomic E-state index is 5.54. The van der Waals surface area contributed by atoms with Crippen molar-refractivity contribution in [2.75, 3.05) is 6.54 Å². The van der Waals surface area contributed by atoms with Gasteiger partial charge in [-0.2, -0.15) is 0 Å². The molecule has 2 N–H and O–H groups in total. The Morgan fingerprint density at radius 3 is 2.76 bits per heavy atom. The first kappa shape index (κ1) is 14.9. The molecular formula is C16H25N3OS. The third kappa shape index (κ3) is 3.58. The van der Waals surface area contributed by atoms with Gasteiger partial charge in [0.25, 0.3) is 0 Å². The number of rotatable bonds is 4. The van der Waals surface area contributed by atoms with E-state index < -0.39 is 0 Å². The fourth-order valence-electron chi connectivity index (χ4n) is 3.83. The van der Waals surface area contributed by atoms with Gasteiger partial charge in [0.1, 0.15) is 5.76 Å². The molecule has 0 spiro atoms. The highest BCUT2D eigenvalue weighted by atomic mass is 32.1. The summed E-state index contributed by atoms with van der Waals surface area (Å²) in [6.07, 6.45) is 8.08. The van der Waals surface area contributed by atoms with Gasteiger partial charge in [-0.25, -0.2) is 0 Å². The van der Waals surface area contributed by atoms with Gasteiger partial charge in [-0.05, 0) is 57.0 Å². The topological polar surface area (TPSA) is 40.4 Å². The molecule has 0 aromatic carbocycles. The Morgan fingerprint density at radius 1 is 1.38 bits per heavy atom. The average Bonchev–Trinajstić information content (AvgIpc) is 2.93. The largest absolute Gasteiger partial charge is 0.468 e. The molecule has 2 saturated heterocycles. The zero-order chi connectivity index (χ0) is 14.7. The lowest BCUT2D eigenvalue weighted by Gasteiger charge is -2.48. The normalized spacial score (nSPS) is 29.1. The van der Waals surface area contributed by atoms with E-state index in [0.29, 0.717) is 18.1 Å². The van der Waals surface area contributed by atoms with E-state index in [4.69, 9.17) is 16.6 Å². The molecule has 2 bridgehead atoms. The van der Waals surface area contributed by atoms with Crippen molar-refractivity contribution in [2.45, 2.75) is 63.7 Å². The Kier molecular flexibility index (Phi) is 4.80. The maximum atomic E-state index is 5.54. The van der Waals surface area contributed by atoms with Gasteiger partial charge in [0.2, 0.25) is 0 Å². The van der Waals surface area contributed by atoms with Crippen molar-refractivity contribution in [1.82, 2.24) is 15.5 Å². The molecule has 0 aliphatic carbocycles. The standard InChI is InChI=1S/C16H25N3OS/c1-2-17-16(21)18-12-9-13-5-3-6-14(10-12)19(13)11-15-7-4-8-20-15/h4,7-8,12-14H,2-3,5-6,9-11H2,1H3,(H2,17,18,21)/t12?,13-,14+. The minimum absolute atomic E-state index is 0.514. The quantitative estimate of drug-likeness (QED) is 0.837. The molecular weight excluding hydrogens is 282 g/mol. The molecule has 0 radical (unpaired) electrons. The third-order valence-electron chi connectivity index (χ3n) is 4.72. The van der Waals surface area contributed by atoms with Gasteiger partial charge >= 0.3 is 0 Å². The van der Waals surface area contributed by atoms with Gasteiger partial charge in [-0.3, -0.25) is 4.90 Å². The number of nitrogens with zero attached hydrogens (tertiary/aromatic N) is 1. The van der Waals surface area contributed by atoms with Crippen molar-refractivity contribution in [3.63, 3.8) is 0 Å². The van der Waals surface area contributed by atoms with Crippen molar-refractivity contribution in [1.29, 1.82) is 0 Å². The van der Waals surface area contributed by atoms with Crippen LogP contribution in [0.15, 0.2) is 22.8 Å². The predicted molar refractivity (Wildman–Crippen MR) is 88.1 cm³/mol. The van der Waals surface area contributed by atoms with Crippen LogP contribution in [0.5, 0.6) is 0 Å². The van der Waals surface area contributed by atoms with Crippen LogP contribution >= 0.6 is 12.2 Å². The van der Waals surface area contributed by atoms with E-state index in [0.717, 1.165) is 24.0 Å². The smallest absolute Gasteiger partial charge is 0.166 e. The minimum Gasteiger partial charge on any atom is -0.468 e. The van der Waals surface area contributed by atoms with Crippen LogP contribution in [0.2, 0.25) is 0 Å². The zero-order valence-electron chi connectivity index (χ0n) is 12.7. The number of hydrogen-bond acceptors (Lipinski definition) is 3. The number of hydrogen-bond donors (Lipinski definition) is 2. The summed E-state index contributed by atoms with van der Waals surface area (Å²) in [6.45, 7) is 3.91. The minimum atomic E-state index is 0.514. The van der Waals surface area contributed by atoms with E-state index in [1.807, 2.05) is 6.07 Å². The molecule has 3 rings (SSSR count). The molecule has 4 nitrogen and oxygen atoms in total. The van der Waals surface area contributed by atoms with Crippen LogP contribution in [0.4, 0.5) is 0 Å². The number of piperidine rings is 2. The first-order valence-electron chi connectivity index (χ1n) is 8.08. The van der Waals surface area contributed by atoms with E-state index in [1.165, 1.54) is 32.1 Å². The molecule has 3 heterocycles. The summed E-state index contributed by atoms with van der Waals surface area (Å²) in [4.78, 5) is 2.65. The van der Waals surface area contributed by atoms with Crippen molar-refractivity contribution in [2.24, 2.45) is 0 Å². The summed E-state index contributed by atoms with van der Waals surface area (Å²) in [5.41, 5.74) is 0. The van der Waals surface area contributed by atoms with Crippen LogP contribution in [-0.4, -0.2) is 34.7 Å².